The molecule has 61 heavy (non-hydrogen) atoms. The van der Waals surface area contributed by atoms with Gasteiger partial charge in [0.2, 0.25) is 5.91 Å². The van der Waals surface area contributed by atoms with Crippen molar-refractivity contribution in [1.82, 2.24) is 5.32 Å². The largest absolute Gasteiger partial charge is 0.394 e. The van der Waals surface area contributed by atoms with Crippen LogP contribution in [0.2, 0.25) is 0 Å². The summed E-state index contributed by atoms with van der Waals surface area (Å²) in [5.41, 5.74) is 0. The molecule has 2 unspecified atom stereocenters. The molecule has 352 valence electrons. The zero-order chi connectivity index (χ0) is 44.2. The van der Waals surface area contributed by atoms with Crippen molar-refractivity contribution in [3.05, 3.63) is 85.1 Å². The Labute approximate surface area is 380 Å². The Kier molecular flexibility index (Phi) is 49.8. The van der Waals surface area contributed by atoms with Crippen LogP contribution in [0.25, 0.3) is 0 Å². The number of hydrogen-bond acceptors (Lipinski definition) is 3. The first kappa shape index (κ1) is 58.6. The molecule has 1 amide bonds. The van der Waals surface area contributed by atoms with E-state index in [0.29, 0.717) is 6.42 Å². The highest BCUT2D eigenvalue weighted by molar-refractivity contribution is 5.76. The third-order valence-electron chi connectivity index (χ3n) is 11.6. The molecular weight excluding hydrogens is 747 g/mol. The number of unbranched alkanes of at least 4 members (excludes halogenated alkanes) is 28. The number of carbonyl (C=O) groups excluding carboxylic acids is 1. The second-order valence-corrected chi connectivity index (χ2v) is 17.6. The smallest absolute Gasteiger partial charge is 0.220 e. The van der Waals surface area contributed by atoms with Crippen LogP contribution < -0.4 is 5.32 Å². The molecule has 0 saturated heterocycles. The van der Waals surface area contributed by atoms with Crippen LogP contribution in [0, 0.1) is 0 Å². The summed E-state index contributed by atoms with van der Waals surface area (Å²) in [5.74, 6) is -0.0866. The van der Waals surface area contributed by atoms with Crippen molar-refractivity contribution in [2.45, 2.75) is 264 Å². The van der Waals surface area contributed by atoms with Gasteiger partial charge in [0.15, 0.2) is 0 Å². The van der Waals surface area contributed by atoms with Crippen molar-refractivity contribution in [1.29, 1.82) is 0 Å². The standard InChI is InChI=1S/C57H101NO3/c1-3-5-7-9-11-13-15-17-19-21-23-25-27-28-29-31-32-34-36-38-40-42-44-46-48-50-52-56(60)55(54-59)58-57(61)53-51-49-47-45-43-41-39-37-35-33-30-26-24-22-20-18-16-14-12-10-8-6-4-2/h6,8,12,14,18,20,24,26,33,35,42,44,50,52,55-56,59-60H,3-5,7,9-11,13,15-17,19,21-23,25,27-32,34,36-41,43,45-49,51,53-54H2,1-2H3,(H,58,61)/b8-6-,14-12-,20-18-,26-24-,35-33-,44-42+,52-50+. The van der Waals surface area contributed by atoms with Crippen LogP contribution in [-0.2, 0) is 4.79 Å². The maximum atomic E-state index is 12.4. The Morgan fingerprint density at radius 2 is 0.738 bits per heavy atom. The van der Waals surface area contributed by atoms with Gasteiger partial charge in [-0.15, -0.1) is 0 Å². The van der Waals surface area contributed by atoms with Gasteiger partial charge in [0.1, 0.15) is 0 Å². The van der Waals surface area contributed by atoms with Gasteiger partial charge in [0, 0.05) is 6.42 Å². The molecule has 0 heterocycles. The molecule has 0 saturated carbocycles. The van der Waals surface area contributed by atoms with Crippen LogP contribution in [0.15, 0.2) is 85.1 Å². The Morgan fingerprint density at radius 3 is 1.15 bits per heavy atom. The molecule has 0 bridgehead atoms. The van der Waals surface area contributed by atoms with Crippen molar-refractivity contribution in [3.63, 3.8) is 0 Å². The quantitative estimate of drug-likeness (QED) is 0.0422. The highest BCUT2D eigenvalue weighted by Gasteiger charge is 2.17. The number of nitrogens with one attached hydrogen (secondary N) is 1. The number of aliphatic hydroxyl groups is 2. The zero-order valence-corrected chi connectivity index (χ0v) is 40.4. The first-order chi connectivity index (χ1) is 30.2. The fourth-order valence-electron chi connectivity index (χ4n) is 7.63. The lowest BCUT2D eigenvalue weighted by molar-refractivity contribution is -0.123. The van der Waals surface area contributed by atoms with Crippen LogP contribution in [0.5, 0.6) is 0 Å². The minimum absolute atomic E-state index is 0.0866. The van der Waals surface area contributed by atoms with Gasteiger partial charge in [-0.3, -0.25) is 4.79 Å². The fourth-order valence-corrected chi connectivity index (χ4v) is 7.63. The summed E-state index contributed by atoms with van der Waals surface area (Å²) in [7, 11) is 0. The predicted octanol–water partition coefficient (Wildman–Crippen LogP) is 17.2. The molecular formula is C57H101NO3. The Hall–Kier alpha value is -2.43. The van der Waals surface area contributed by atoms with Gasteiger partial charge < -0.3 is 15.5 Å². The topological polar surface area (TPSA) is 69.6 Å². The van der Waals surface area contributed by atoms with Crippen LogP contribution in [-0.4, -0.2) is 34.9 Å². The molecule has 0 aromatic carbocycles. The molecule has 0 radical (unpaired) electrons. The summed E-state index contributed by atoms with van der Waals surface area (Å²) in [5, 5.41) is 23.1. The van der Waals surface area contributed by atoms with Crippen molar-refractivity contribution in [3.8, 4) is 0 Å². The van der Waals surface area contributed by atoms with Gasteiger partial charge in [-0.2, -0.15) is 0 Å². The van der Waals surface area contributed by atoms with E-state index in [2.05, 4.69) is 92.1 Å². The van der Waals surface area contributed by atoms with E-state index in [0.717, 1.165) is 77.0 Å². The third kappa shape index (κ3) is 48.5. The molecule has 0 aromatic heterocycles. The number of allylic oxidation sites excluding steroid dienone is 13. The van der Waals surface area contributed by atoms with Crippen LogP contribution >= 0.6 is 0 Å². The van der Waals surface area contributed by atoms with Crippen molar-refractivity contribution in [2.24, 2.45) is 0 Å². The maximum Gasteiger partial charge on any atom is 0.220 e. The molecule has 0 aliphatic carbocycles. The molecule has 4 nitrogen and oxygen atoms in total. The molecule has 0 aliphatic heterocycles. The van der Waals surface area contributed by atoms with Crippen LogP contribution in [0.1, 0.15) is 251 Å². The number of rotatable bonds is 47. The van der Waals surface area contributed by atoms with Gasteiger partial charge in [-0.1, -0.05) is 253 Å². The monoisotopic (exact) mass is 848 g/mol. The Morgan fingerprint density at radius 1 is 0.410 bits per heavy atom. The predicted molar refractivity (Wildman–Crippen MR) is 271 cm³/mol. The minimum atomic E-state index is -0.873. The molecule has 2 atom stereocenters. The van der Waals surface area contributed by atoms with Gasteiger partial charge in [-0.05, 0) is 77.0 Å². The maximum absolute atomic E-state index is 12.4. The SMILES string of the molecule is CC/C=C\C/C=C\C/C=C\C/C=C\C/C=C\CCCCCCCCCC(=O)NC(CO)C(O)/C=C/CC/C=C/CCCCCCCCCCCCCCCCCCCCCC. The van der Waals surface area contributed by atoms with Crippen LogP contribution in [0.3, 0.4) is 0 Å². The van der Waals surface area contributed by atoms with Gasteiger partial charge in [0.05, 0.1) is 18.8 Å². The molecule has 4 heteroatoms. The molecule has 0 aromatic rings. The zero-order valence-electron chi connectivity index (χ0n) is 40.4. The van der Waals surface area contributed by atoms with E-state index in [1.54, 1.807) is 6.08 Å². The van der Waals surface area contributed by atoms with E-state index in [9.17, 15) is 15.0 Å². The average Bonchev–Trinajstić information content (AvgIpc) is 3.26. The summed E-state index contributed by atoms with van der Waals surface area (Å²) in [6, 6.07) is -0.651. The van der Waals surface area contributed by atoms with Gasteiger partial charge >= 0.3 is 0 Å². The molecule has 0 aliphatic rings. The Balaban J connectivity index is 3.61. The normalized spacial score (nSPS) is 13.6. The first-order valence-corrected chi connectivity index (χ1v) is 26.3. The second-order valence-electron chi connectivity index (χ2n) is 17.6. The summed E-state index contributed by atoms with van der Waals surface area (Å²) in [6.07, 6.45) is 75.8. The molecule has 0 spiro atoms. The fraction of sp³-hybridized carbons (Fsp3) is 0.737. The number of carbonyl (C=O) groups is 1. The lowest BCUT2D eigenvalue weighted by atomic mass is 10.0. The van der Waals surface area contributed by atoms with E-state index < -0.39 is 12.1 Å². The Bertz CT molecular complexity index is 1100. The minimum Gasteiger partial charge on any atom is -0.394 e. The van der Waals surface area contributed by atoms with Gasteiger partial charge in [0.25, 0.3) is 0 Å². The first-order valence-electron chi connectivity index (χ1n) is 26.3. The van der Waals surface area contributed by atoms with Crippen LogP contribution in [0.4, 0.5) is 0 Å². The number of aliphatic hydroxyl groups excluding tert-OH is 2. The summed E-state index contributed by atoms with van der Waals surface area (Å²) in [6.45, 7) is 4.19. The number of amides is 1. The van der Waals surface area contributed by atoms with Crippen molar-refractivity contribution < 1.29 is 15.0 Å². The third-order valence-corrected chi connectivity index (χ3v) is 11.6. The molecule has 0 fully saturated rings. The van der Waals surface area contributed by atoms with E-state index in [4.69, 9.17) is 0 Å². The van der Waals surface area contributed by atoms with E-state index >= 15 is 0 Å². The van der Waals surface area contributed by atoms with Crippen molar-refractivity contribution in [2.75, 3.05) is 6.61 Å². The molecule has 0 rings (SSSR count). The lowest BCUT2D eigenvalue weighted by Crippen LogP contribution is -2.45. The van der Waals surface area contributed by atoms with Gasteiger partial charge in [-0.25, -0.2) is 0 Å². The summed E-state index contributed by atoms with van der Waals surface area (Å²) >= 11 is 0. The van der Waals surface area contributed by atoms with E-state index in [1.807, 2.05) is 6.08 Å². The van der Waals surface area contributed by atoms with Crippen molar-refractivity contribution >= 4 is 5.91 Å². The number of hydrogen-bond donors (Lipinski definition) is 3. The lowest BCUT2D eigenvalue weighted by Gasteiger charge is -2.19. The highest BCUT2D eigenvalue weighted by atomic mass is 16.3. The average molecular weight is 848 g/mol. The van der Waals surface area contributed by atoms with E-state index in [-0.39, 0.29) is 12.5 Å². The summed E-state index contributed by atoms with van der Waals surface area (Å²) < 4.78 is 0. The molecule has 3 N–H and O–H groups in total. The van der Waals surface area contributed by atoms with E-state index in [1.165, 1.54) is 154 Å². The highest BCUT2D eigenvalue weighted by Crippen LogP contribution is 2.16. The second kappa shape index (κ2) is 51.9. The summed E-state index contributed by atoms with van der Waals surface area (Å²) in [4.78, 5) is 12.4.